The largest absolute Gasteiger partial charge is 0.477 e. The minimum absolute atomic E-state index is 0.0205. The van der Waals surface area contributed by atoms with Gasteiger partial charge in [0.25, 0.3) is 0 Å². The van der Waals surface area contributed by atoms with Crippen LogP contribution in [0.3, 0.4) is 0 Å². The van der Waals surface area contributed by atoms with Crippen molar-refractivity contribution >= 4 is 5.97 Å². The average Bonchev–Trinajstić information content (AvgIpc) is 2.38. The summed E-state index contributed by atoms with van der Waals surface area (Å²) in [5.41, 5.74) is -0.461. The molecule has 94 valence electrons. The van der Waals surface area contributed by atoms with E-state index in [2.05, 4.69) is 4.98 Å². The van der Waals surface area contributed by atoms with Gasteiger partial charge in [-0.05, 0) is 18.2 Å². The van der Waals surface area contributed by atoms with Gasteiger partial charge in [0, 0.05) is 6.07 Å². The maximum Gasteiger partial charge on any atom is 0.342 e. The van der Waals surface area contributed by atoms with Gasteiger partial charge in [-0.1, -0.05) is 12.1 Å². The quantitative estimate of drug-likeness (QED) is 0.914. The molecule has 0 radical (unpaired) electrons. The predicted molar refractivity (Wildman–Crippen MR) is 62.4 cm³/mol. The van der Waals surface area contributed by atoms with Gasteiger partial charge < -0.3 is 9.84 Å². The van der Waals surface area contributed by atoms with Gasteiger partial charge in [-0.15, -0.1) is 0 Å². The molecule has 1 heterocycles. The van der Waals surface area contributed by atoms with Crippen LogP contribution in [-0.4, -0.2) is 16.1 Å². The Balaban J connectivity index is 2.41. The number of carbonyl (C=O) groups is 1. The molecule has 6 heteroatoms. The molecule has 0 saturated carbocycles. The van der Waals surface area contributed by atoms with E-state index >= 15 is 0 Å². The van der Waals surface area contributed by atoms with E-state index in [9.17, 15) is 9.18 Å². The number of hydrogen-bond acceptors (Lipinski definition) is 4. The topological polar surface area (TPSA) is 83.2 Å². The van der Waals surface area contributed by atoms with Crippen molar-refractivity contribution < 1.29 is 19.0 Å². The first kappa shape index (κ1) is 12.5. The minimum Gasteiger partial charge on any atom is -0.477 e. The number of nitriles is 1. The van der Waals surface area contributed by atoms with E-state index in [1.165, 1.54) is 30.3 Å². The fourth-order valence-corrected chi connectivity index (χ4v) is 1.44. The van der Waals surface area contributed by atoms with E-state index < -0.39 is 17.3 Å². The summed E-state index contributed by atoms with van der Waals surface area (Å²) in [4.78, 5) is 14.8. The van der Waals surface area contributed by atoms with E-state index in [4.69, 9.17) is 15.1 Å². The lowest BCUT2D eigenvalue weighted by atomic mass is 10.2. The molecule has 0 aliphatic carbocycles. The van der Waals surface area contributed by atoms with Crippen molar-refractivity contribution in [2.24, 2.45) is 0 Å². The molecule has 0 amide bonds. The first-order valence-electron chi connectivity index (χ1n) is 5.18. The number of halogens is 1. The summed E-state index contributed by atoms with van der Waals surface area (Å²) in [6.45, 7) is 0. The fraction of sp³-hybridized carbons (Fsp3) is 0. The van der Waals surface area contributed by atoms with Crippen LogP contribution in [0.5, 0.6) is 11.6 Å². The molecule has 0 bridgehead atoms. The molecular weight excluding hydrogens is 251 g/mol. The summed E-state index contributed by atoms with van der Waals surface area (Å²) >= 11 is 0. The van der Waals surface area contributed by atoms with Crippen LogP contribution < -0.4 is 4.74 Å². The zero-order chi connectivity index (χ0) is 13.8. The third-order valence-electron chi connectivity index (χ3n) is 2.24. The van der Waals surface area contributed by atoms with Gasteiger partial charge in [-0.25, -0.2) is 14.2 Å². The lowest BCUT2D eigenvalue weighted by Gasteiger charge is -2.08. The Morgan fingerprint density at radius 1 is 1.32 bits per heavy atom. The first-order chi connectivity index (χ1) is 9.11. The number of rotatable bonds is 3. The zero-order valence-corrected chi connectivity index (χ0v) is 9.50. The van der Waals surface area contributed by atoms with Crippen molar-refractivity contribution in [3.63, 3.8) is 0 Å². The second kappa shape index (κ2) is 5.14. The summed E-state index contributed by atoms with van der Waals surface area (Å²) in [5, 5.41) is 17.6. The molecular formula is C13H7FN2O3. The van der Waals surface area contributed by atoms with Gasteiger partial charge in [-0.3, -0.25) is 0 Å². The third kappa shape index (κ3) is 2.66. The van der Waals surface area contributed by atoms with Crippen LogP contribution in [0, 0.1) is 17.1 Å². The summed E-state index contributed by atoms with van der Waals surface area (Å²) < 4.78 is 18.6. The highest BCUT2D eigenvalue weighted by Gasteiger charge is 2.17. The predicted octanol–water partition coefficient (Wildman–Crippen LogP) is 2.58. The molecule has 0 spiro atoms. The Hall–Kier alpha value is -2.94. The summed E-state index contributed by atoms with van der Waals surface area (Å²) in [6, 6.07) is 9.92. The van der Waals surface area contributed by atoms with Crippen LogP contribution in [0.1, 0.15) is 16.1 Å². The molecule has 1 aromatic heterocycles. The van der Waals surface area contributed by atoms with Crippen LogP contribution in [-0.2, 0) is 0 Å². The Labute approximate surface area is 107 Å². The Morgan fingerprint density at radius 3 is 2.74 bits per heavy atom. The second-order valence-corrected chi connectivity index (χ2v) is 3.49. The van der Waals surface area contributed by atoms with Gasteiger partial charge in [0.2, 0.25) is 5.88 Å². The molecule has 0 aliphatic rings. The lowest BCUT2D eigenvalue weighted by Crippen LogP contribution is -2.04. The highest BCUT2D eigenvalue weighted by Crippen LogP contribution is 2.26. The van der Waals surface area contributed by atoms with Gasteiger partial charge in [-0.2, -0.15) is 5.26 Å². The van der Waals surface area contributed by atoms with E-state index in [1.54, 1.807) is 0 Å². The van der Waals surface area contributed by atoms with Crippen molar-refractivity contribution in [2.75, 3.05) is 0 Å². The molecule has 0 unspecified atom stereocenters. The van der Waals surface area contributed by atoms with Gasteiger partial charge in [0.15, 0.2) is 0 Å². The SMILES string of the molecule is N#Cc1cccc(Oc2cccc(F)c2C(=O)O)n1. The van der Waals surface area contributed by atoms with E-state index in [0.717, 1.165) is 6.07 Å². The molecule has 2 aromatic rings. The number of pyridine rings is 1. The van der Waals surface area contributed by atoms with Gasteiger partial charge >= 0.3 is 5.97 Å². The van der Waals surface area contributed by atoms with Gasteiger partial charge in [0.1, 0.15) is 28.9 Å². The molecule has 0 atom stereocenters. The third-order valence-corrected chi connectivity index (χ3v) is 2.24. The van der Waals surface area contributed by atoms with E-state index in [-0.39, 0.29) is 17.3 Å². The number of hydrogen-bond donors (Lipinski definition) is 1. The van der Waals surface area contributed by atoms with E-state index in [0.29, 0.717) is 0 Å². The van der Waals surface area contributed by atoms with Crippen molar-refractivity contribution in [1.82, 2.24) is 4.98 Å². The zero-order valence-electron chi connectivity index (χ0n) is 9.50. The lowest BCUT2D eigenvalue weighted by molar-refractivity contribution is 0.0689. The minimum atomic E-state index is -1.44. The van der Waals surface area contributed by atoms with Crippen LogP contribution in [0.2, 0.25) is 0 Å². The molecule has 1 aromatic carbocycles. The highest BCUT2D eigenvalue weighted by atomic mass is 19.1. The van der Waals surface area contributed by atoms with E-state index in [1.807, 2.05) is 6.07 Å². The molecule has 0 aliphatic heterocycles. The first-order valence-corrected chi connectivity index (χ1v) is 5.18. The Bertz CT molecular complexity index is 680. The van der Waals surface area contributed by atoms with Crippen molar-refractivity contribution in [3.8, 4) is 17.7 Å². The van der Waals surface area contributed by atoms with Crippen molar-refractivity contribution in [3.05, 3.63) is 53.5 Å². The van der Waals surface area contributed by atoms with Crippen LogP contribution >= 0.6 is 0 Å². The summed E-state index contributed by atoms with van der Waals surface area (Å²) in [7, 11) is 0. The number of aromatic carboxylic acids is 1. The maximum absolute atomic E-state index is 13.4. The smallest absolute Gasteiger partial charge is 0.342 e. The molecule has 1 N–H and O–H groups in total. The number of nitrogens with zero attached hydrogens (tertiary/aromatic N) is 2. The number of carboxylic acid groups (broad SMARTS) is 1. The normalized spacial score (nSPS) is 9.68. The summed E-state index contributed by atoms with van der Waals surface area (Å²) in [6.07, 6.45) is 0. The number of benzene rings is 1. The fourth-order valence-electron chi connectivity index (χ4n) is 1.44. The van der Waals surface area contributed by atoms with Crippen LogP contribution in [0.4, 0.5) is 4.39 Å². The Kier molecular flexibility index (Phi) is 3.39. The molecule has 0 saturated heterocycles. The average molecular weight is 258 g/mol. The van der Waals surface area contributed by atoms with Crippen molar-refractivity contribution in [2.45, 2.75) is 0 Å². The summed E-state index contributed by atoms with van der Waals surface area (Å²) in [5.74, 6) is -2.49. The van der Waals surface area contributed by atoms with Crippen molar-refractivity contribution in [1.29, 1.82) is 5.26 Å². The molecule has 5 nitrogen and oxygen atoms in total. The highest BCUT2D eigenvalue weighted by molar-refractivity contribution is 5.91. The number of ether oxygens (including phenoxy) is 1. The second-order valence-electron chi connectivity index (χ2n) is 3.49. The maximum atomic E-state index is 13.4. The molecule has 19 heavy (non-hydrogen) atoms. The molecule has 0 fully saturated rings. The Morgan fingerprint density at radius 2 is 2.05 bits per heavy atom. The van der Waals surface area contributed by atoms with Gasteiger partial charge in [0.05, 0.1) is 0 Å². The molecule has 2 rings (SSSR count). The number of aromatic nitrogens is 1. The monoisotopic (exact) mass is 258 g/mol. The van der Waals surface area contributed by atoms with Crippen LogP contribution in [0.25, 0.3) is 0 Å². The number of carboxylic acids is 1. The van der Waals surface area contributed by atoms with Crippen LogP contribution in [0.15, 0.2) is 36.4 Å². The standard InChI is InChI=1S/C13H7FN2O3/c14-9-4-2-5-10(12(9)13(17)18)19-11-6-1-3-8(7-15)16-11/h1-6H,(H,17,18).